The van der Waals surface area contributed by atoms with Crippen molar-refractivity contribution in [3.8, 4) is 5.75 Å². The molecule has 100 valence electrons. The molecule has 2 rings (SSSR count). The van der Waals surface area contributed by atoms with E-state index in [9.17, 15) is 0 Å². The number of aryl methyl sites for hydroxylation is 1. The van der Waals surface area contributed by atoms with E-state index in [0.29, 0.717) is 10.0 Å². The molecule has 1 atom stereocenters. The summed E-state index contributed by atoms with van der Waals surface area (Å²) in [5.74, 6) is 0.738. The van der Waals surface area contributed by atoms with Gasteiger partial charge in [0, 0.05) is 5.56 Å². The first-order chi connectivity index (χ1) is 9.04. The van der Waals surface area contributed by atoms with Crippen molar-refractivity contribution < 1.29 is 4.74 Å². The normalized spacial score (nSPS) is 12.3. The van der Waals surface area contributed by atoms with Crippen molar-refractivity contribution in [1.29, 1.82) is 0 Å². The first-order valence-electron chi connectivity index (χ1n) is 5.77. The molecule has 19 heavy (non-hydrogen) atoms. The maximum Gasteiger partial charge on any atom is 0.123 e. The summed E-state index contributed by atoms with van der Waals surface area (Å²) in [5, 5.41) is 0.574. The van der Waals surface area contributed by atoms with Crippen molar-refractivity contribution >= 4 is 34.8 Å². The summed E-state index contributed by atoms with van der Waals surface area (Å²) in [6.07, 6.45) is 0. The van der Waals surface area contributed by atoms with Crippen LogP contribution in [0.25, 0.3) is 0 Å². The molecule has 2 aromatic rings. The molecule has 4 heteroatoms. The molecule has 0 heterocycles. The zero-order valence-electron chi connectivity index (χ0n) is 10.6. The second-order valence-corrected chi connectivity index (χ2v) is 5.47. The van der Waals surface area contributed by atoms with Gasteiger partial charge in [0.05, 0.1) is 22.5 Å². The standard InChI is InChI=1S/C15H13Cl3O/c1-9-6-7-13(19-2)11(8-9)14(17)10-4-3-5-12(16)15(10)18/h3-8,14H,1-2H3. The van der Waals surface area contributed by atoms with Crippen molar-refractivity contribution in [1.82, 2.24) is 0 Å². The van der Waals surface area contributed by atoms with Crippen LogP contribution in [0.4, 0.5) is 0 Å². The summed E-state index contributed by atoms with van der Waals surface area (Å²) in [5.41, 5.74) is 2.77. The number of ether oxygens (including phenoxy) is 1. The van der Waals surface area contributed by atoms with E-state index in [1.807, 2.05) is 37.3 Å². The average Bonchev–Trinajstić information content (AvgIpc) is 2.41. The zero-order valence-corrected chi connectivity index (χ0v) is 12.9. The van der Waals surface area contributed by atoms with Crippen LogP contribution >= 0.6 is 34.8 Å². The molecule has 0 saturated heterocycles. The van der Waals surface area contributed by atoms with Gasteiger partial charge in [0.2, 0.25) is 0 Å². The van der Waals surface area contributed by atoms with Crippen LogP contribution in [0, 0.1) is 6.92 Å². The molecule has 0 amide bonds. The second kappa shape index (κ2) is 6.04. The van der Waals surface area contributed by atoms with Gasteiger partial charge in [-0.2, -0.15) is 0 Å². The van der Waals surface area contributed by atoms with Crippen LogP contribution in [-0.4, -0.2) is 7.11 Å². The molecule has 0 N–H and O–H groups in total. The van der Waals surface area contributed by atoms with Crippen molar-refractivity contribution in [3.05, 3.63) is 63.1 Å². The number of halogens is 3. The number of benzene rings is 2. The Balaban J connectivity index is 2.52. The minimum absolute atomic E-state index is 0.402. The highest BCUT2D eigenvalue weighted by atomic mass is 35.5. The summed E-state index contributed by atoms with van der Waals surface area (Å²) in [4.78, 5) is 0. The maximum absolute atomic E-state index is 6.54. The molecule has 1 unspecified atom stereocenters. The van der Waals surface area contributed by atoms with E-state index >= 15 is 0 Å². The lowest BCUT2D eigenvalue weighted by Gasteiger charge is -2.16. The van der Waals surface area contributed by atoms with E-state index in [2.05, 4.69) is 0 Å². The first-order valence-corrected chi connectivity index (χ1v) is 6.96. The van der Waals surface area contributed by atoms with Gasteiger partial charge in [-0.3, -0.25) is 0 Å². The van der Waals surface area contributed by atoms with Gasteiger partial charge < -0.3 is 4.74 Å². The monoisotopic (exact) mass is 314 g/mol. The largest absolute Gasteiger partial charge is 0.496 e. The van der Waals surface area contributed by atoms with Gasteiger partial charge >= 0.3 is 0 Å². The van der Waals surface area contributed by atoms with Crippen LogP contribution in [0.1, 0.15) is 22.1 Å². The molecule has 0 aliphatic carbocycles. The Morgan fingerprint density at radius 2 is 1.79 bits per heavy atom. The van der Waals surface area contributed by atoms with E-state index in [0.717, 1.165) is 22.4 Å². The van der Waals surface area contributed by atoms with E-state index in [4.69, 9.17) is 39.5 Å². The Kier molecular flexibility index (Phi) is 4.62. The van der Waals surface area contributed by atoms with Crippen LogP contribution in [0.5, 0.6) is 5.75 Å². The maximum atomic E-state index is 6.54. The van der Waals surface area contributed by atoms with Crippen molar-refractivity contribution in [2.45, 2.75) is 12.3 Å². The Labute approximate surface area is 128 Å². The van der Waals surface area contributed by atoms with Crippen molar-refractivity contribution in [2.24, 2.45) is 0 Å². The quantitative estimate of drug-likeness (QED) is 0.666. The van der Waals surface area contributed by atoms with Crippen molar-refractivity contribution in [2.75, 3.05) is 7.11 Å². The van der Waals surface area contributed by atoms with Gasteiger partial charge in [0.1, 0.15) is 5.75 Å². The molecular formula is C15H13Cl3O. The minimum Gasteiger partial charge on any atom is -0.496 e. The summed E-state index contributed by atoms with van der Waals surface area (Å²) in [6, 6.07) is 11.3. The lowest BCUT2D eigenvalue weighted by atomic mass is 10.0. The molecule has 2 aromatic carbocycles. The predicted molar refractivity (Wildman–Crippen MR) is 81.9 cm³/mol. The molecule has 0 fully saturated rings. The highest BCUT2D eigenvalue weighted by Gasteiger charge is 2.19. The van der Waals surface area contributed by atoms with Gasteiger partial charge in [0.15, 0.2) is 0 Å². The molecule has 0 bridgehead atoms. The Morgan fingerprint density at radius 3 is 2.47 bits per heavy atom. The molecule has 0 aliphatic rings. The van der Waals surface area contributed by atoms with Crippen LogP contribution in [0.15, 0.2) is 36.4 Å². The van der Waals surface area contributed by atoms with Crippen LogP contribution in [0.3, 0.4) is 0 Å². The smallest absolute Gasteiger partial charge is 0.123 e. The van der Waals surface area contributed by atoms with Crippen LogP contribution in [0.2, 0.25) is 10.0 Å². The molecule has 0 saturated carbocycles. The van der Waals surface area contributed by atoms with Gasteiger partial charge in [-0.15, -0.1) is 11.6 Å². The third-order valence-corrected chi connectivity index (χ3v) is 4.22. The summed E-state index contributed by atoms with van der Waals surface area (Å²) >= 11 is 18.8. The zero-order chi connectivity index (χ0) is 14.0. The topological polar surface area (TPSA) is 9.23 Å². The molecular weight excluding hydrogens is 303 g/mol. The van der Waals surface area contributed by atoms with Crippen LogP contribution in [-0.2, 0) is 0 Å². The number of alkyl halides is 1. The van der Waals surface area contributed by atoms with Crippen molar-refractivity contribution in [3.63, 3.8) is 0 Å². The highest BCUT2D eigenvalue weighted by Crippen LogP contribution is 2.40. The van der Waals surface area contributed by atoms with E-state index in [1.54, 1.807) is 13.2 Å². The van der Waals surface area contributed by atoms with Gasteiger partial charge in [0.25, 0.3) is 0 Å². The fourth-order valence-electron chi connectivity index (χ4n) is 1.94. The fraction of sp³-hybridized carbons (Fsp3) is 0.200. The van der Waals surface area contributed by atoms with Gasteiger partial charge in [-0.1, -0.05) is 53.0 Å². The Bertz CT molecular complexity index is 596. The van der Waals surface area contributed by atoms with E-state index in [-0.39, 0.29) is 0 Å². The number of rotatable bonds is 3. The molecule has 0 aromatic heterocycles. The predicted octanol–water partition coefficient (Wildman–Crippen LogP) is 5.64. The Hall–Kier alpha value is -0.890. The summed E-state index contributed by atoms with van der Waals surface area (Å²) in [6.45, 7) is 2.01. The minimum atomic E-state index is -0.402. The lowest BCUT2D eigenvalue weighted by Crippen LogP contribution is -1.99. The van der Waals surface area contributed by atoms with E-state index < -0.39 is 5.38 Å². The van der Waals surface area contributed by atoms with Crippen LogP contribution < -0.4 is 4.74 Å². The molecule has 1 nitrogen and oxygen atoms in total. The second-order valence-electron chi connectivity index (χ2n) is 4.25. The molecule has 0 aliphatic heterocycles. The first kappa shape index (κ1) is 14.5. The average molecular weight is 316 g/mol. The van der Waals surface area contributed by atoms with E-state index in [1.165, 1.54) is 0 Å². The molecule has 0 spiro atoms. The van der Waals surface area contributed by atoms with Gasteiger partial charge in [-0.05, 0) is 24.6 Å². The fourth-order valence-corrected chi connectivity index (χ4v) is 2.76. The number of hydrogen-bond acceptors (Lipinski definition) is 1. The molecule has 0 radical (unpaired) electrons. The third kappa shape index (κ3) is 3.00. The SMILES string of the molecule is COc1ccc(C)cc1C(Cl)c1cccc(Cl)c1Cl. The Morgan fingerprint density at radius 1 is 1.05 bits per heavy atom. The number of hydrogen-bond donors (Lipinski definition) is 0. The number of methoxy groups -OCH3 is 1. The summed E-state index contributed by atoms with van der Waals surface area (Å²) < 4.78 is 5.35. The highest BCUT2D eigenvalue weighted by molar-refractivity contribution is 6.43. The third-order valence-electron chi connectivity index (χ3n) is 2.91. The van der Waals surface area contributed by atoms with Gasteiger partial charge in [-0.25, -0.2) is 0 Å². The lowest BCUT2D eigenvalue weighted by molar-refractivity contribution is 0.410. The summed E-state index contributed by atoms with van der Waals surface area (Å²) in [7, 11) is 1.62.